The van der Waals surface area contributed by atoms with Crippen LogP contribution in [0.5, 0.6) is 5.75 Å². The SMILES string of the molecule is CCOc1ccccc1NC(=O)CSc1nnc(-c2sc(C)nc2C)o1. The van der Waals surface area contributed by atoms with Crippen molar-refractivity contribution in [1.82, 2.24) is 15.2 Å². The highest BCUT2D eigenvalue weighted by Gasteiger charge is 2.16. The molecule has 0 saturated heterocycles. The van der Waals surface area contributed by atoms with Crippen LogP contribution in [0.15, 0.2) is 33.9 Å². The zero-order valence-corrected chi connectivity index (χ0v) is 16.2. The van der Waals surface area contributed by atoms with Crippen molar-refractivity contribution in [1.29, 1.82) is 0 Å². The molecule has 3 rings (SSSR count). The number of nitrogens with one attached hydrogen (secondary N) is 1. The second-order valence-corrected chi connectivity index (χ2v) is 7.42. The van der Waals surface area contributed by atoms with Crippen LogP contribution >= 0.6 is 23.1 Å². The Hall–Kier alpha value is -2.39. The first-order valence-electron chi connectivity index (χ1n) is 7.99. The lowest BCUT2D eigenvalue weighted by molar-refractivity contribution is -0.113. The second kappa shape index (κ2) is 8.33. The summed E-state index contributed by atoms with van der Waals surface area (Å²) >= 11 is 2.69. The Kier molecular flexibility index (Phi) is 5.89. The minimum Gasteiger partial charge on any atom is -0.492 e. The average molecular weight is 390 g/mol. The van der Waals surface area contributed by atoms with Crippen LogP contribution in [0.3, 0.4) is 0 Å². The van der Waals surface area contributed by atoms with Crippen LogP contribution < -0.4 is 10.1 Å². The molecule has 0 radical (unpaired) electrons. The minimum atomic E-state index is -0.174. The van der Waals surface area contributed by atoms with Gasteiger partial charge in [-0.05, 0) is 32.9 Å². The number of thioether (sulfide) groups is 1. The fraction of sp³-hybridized carbons (Fsp3) is 0.294. The van der Waals surface area contributed by atoms with Gasteiger partial charge in [-0.1, -0.05) is 23.9 Å². The molecule has 9 heteroatoms. The third kappa shape index (κ3) is 4.41. The van der Waals surface area contributed by atoms with Gasteiger partial charge < -0.3 is 14.5 Å². The molecule has 1 aromatic carbocycles. The number of hydrogen-bond acceptors (Lipinski definition) is 8. The Bertz CT molecular complexity index is 907. The van der Waals surface area contributed by atoms with Crippen molar-refractivity contribution in [2.24, 2.45) is 0 Å². The number of nitrogens with zero attached hydrogens (tertiary/aromatic N) is 3. The largest absolute Gasteiger partial charge is 0.492 e. The van der Waals surface area contributed by atoms with Gasteiger partial charge in [-0.25, -0.2) is 4.98 Å². The molecule has 3 aromatic rings. The van der Waals surface area contributed by atoms with Crippen LogP contribution in [-0.4, -0.2) is 33.4 Å². The lowest BCUT2D eigenvalue weighted by atomic mass is 10.3. The molecule has 2 heterocycles. The van der Waals surface area contributed by atoms with Gasteiger partial charge in [-0.2, -0.15) is 0 Å². The number of hydrogen-bond donors (Lipinski definition) is 1. The number of aromatic nitrogens is 3. The van der Waals surface area contributed by atoms with Crippen LogP contribution in [0.1, 0.15) is 17.6 Å². The maximum absolute atomic E-state index is 12.2. The van der Waals surface area contributed by atoms with E-state index >= 15 is 0 Å². The summed E-state index contributed by atoms with van der Waals surface area (Å²) in [6.07, 6.45) is 0. The number of ether oxygens (including phenoxy) is 1. The summed E-state index contributed by atoms with van der Waals surface area (Å²) in [5.74, 6) is 1.05. The Labute approximate surface area is 159 Å². The van der Waals surface area contributed by atoms with E-state index in [2.05, 4.69) is 20.5 Å². The third-order valence-corrected chi connectivity index (χ3v) is 5.17. The first-order chi connectivity index (χ1) is 12.6. The van der Waals surface area contributed by atoms with Crippen molar-refractivity contribution in [3.8, 4) is 16.5 Å². The van der Waals surface area contributed by atoms with Gasteiger partial charge in [0.1, 0.15) is 10.6 Å². The van der Waals surface area contributed by atoms with Gasteiger partial charge in [0, 0.05) is 0 Å². The molecule has 1 amide bonds. The topological polar surface area (TPSA) is 90.1 Å². The Balaban J connectivity index is 1.60. The summed E-state index contributed by atoms with van der Waals surface area (Å²) in [4.78, 5) is 17.4. The van der Waals surface area contributed by atoms with E-state index in [9.17, 15) is 4.79 Å². The predicted octanol–water partition coefficient (Wildman–Crippen LogP) is 3.94. The molecule has 0 spiro atoms. The van der Waals surface area contributed by atoms with Crippen LogP contribution in [-0.2, 0) is 4.79 Å². The van der Waals surface area contributed by atoms with Gasteiger partial charge in [0.25, 0.3) is 11.1 Å². The quantitative estimate of drug-likeness (QED) is 0.611. The number of amides is 1. The predicted molar refractivity (Wildman–Crippen MR) is 102 cm³/mol. The minimum absolute atomic E-state index is 0.156. The summed E-state index contributed by atoms with van der Waals surface area (Å²) in [6, 6.07) is 7.32. The molecule has 2 aromatic heterocycles. The van der Waals surface area contributed by atoms with Gasteiger partial charge in [0.15, 0.2) is 0 Å². The van der Waals surface area contributed by atoms with Crippen molar-refractivity contribution in [3.63, 3.8) is 0 Å². The normalized spacial score (nSPS) is 10.7. The van der Waals surface area contributed by atoms with E-state index in [-0.39, 0.29) is 11.7 Å². The van der Waals surface area contributed by atoms with Crippen molar-refractivity contribution in [3.05, 3.63) is 35.0 Å². The molecule has 0 aliphatic heterocycles. The molecule has 0 atom stereocenters. The molecule has 7 nitrogen and oxygen atoms in total. The highest BCUT2D eigenvalue weighted by atomic mass is 32.2. The Morgan fingerprint density at radius 3 is 2.85 bits per heavy atom. The van der Waals surface area contributed by atoms with Crippen molar-refractivity contribution >= 4 is 34.7 Å². The van der Waals surface area contributed by atoms with Crippen molar-refractivity contribution in [2.75, 3.05) is 17.7 Å². The molecule has 0 aliphatic rings. The molecule has 26 heavy (non-hydrogen) atoms. The van der Waals surface area contributed by atoms with Crippen LogP contribution in [0, 0.1) is 13.8 Å². The lowest BCUT2D eigenvalue weighted by Crippen LogP contribution is -2.14. The van der Waals surface area contributed by atoms with E-state index in [0.29, 0.717) is 29.2 Å². The standard InChI is InChI=1S/C17H18N4O3S2/c1-4-23-13-8-6-5-7-12(13)19-14(22)9-25-17-21-20-16(24-17)15-10(2)18-11(3)26-15/h5-8H,4,9H2,1-3H3,(H,19,22). The zero-order chi connectivity index (χ0) is 18.5. The lowest BCUT2D eigenvalue weighted by Gasteiger charge is -2.10. The summed E-state index contributed by atoms with van der Waals surface area (Å²) in [5, 5.41) is 12.2. The molecule has 0 saturated carbocycles. The van der Waals surface area contributed by atoms with Crippen molar-refractivity contribution in [2.45, 2.75) is 26.0 Å². The molecular weight excluding hydrogens is 372 g/mol. The maximum Gasteiger partial charge on any atom is 0.277 e. The smallest absolute Gasteiger partial charge is 0.277 e. The number of carbonyl (C=O) groups is 1. The summed E-state index contributed by atoms with van der Waals surface area (Å²) in [6.45, 7) is 6.26. The number of benzene rings is 1. The monoisotopic (exact) mass is 390 g/mol. The van der Waals surface area contributed by atoms with E-state index in [1.165, 1.54) is 23.1 Å². The Morgan fingerprint density at radius 1 is 1.31 bits per heavy atom. The van der Waals surface area contributed by atoms with Gasteiger partial charge >= 0.3 is 0 Å². The van der Waals surface area contributed by atoms with E-state index in [1.807, 2.05) is 39.0 Å². The van der Waals surface area contributed by atoms with Crippen LogP contribution in [0.2, 0.25) is 0 Å². The molecule has 1 N–H and O–H groups in total. The zero-order valence-electron chi connectivity index (χ0n) is 14.6. The van der Waals surface area contributed by atoms with Crippen LogP contribution in [0.4, 0.5) is 5.69 Å². The molecule has 0 unspecified atom stereocenters. The summed E-state index contributed by atoms with van der Waals surface area (Å²) in [5.41, 5.74) is 1.50. The van der Waals surface area contributed by atoms with Gasteiger partial charge in [0.2, 0.25) is 5.91 Å². The number of para-hydroxylation sites is 2. The number of carbonyl (C=O) groups excluding carboxylic acids is 1. The maximum atomic E-state index is 12.2. The highest BCUT2D eigenvalue weighted by Crippen LogP contribution is 2.30. The fourth-order valence-electron chi connectivity index (χ4n) is 2.25. The average Bonchev–Trinajstić information content (AvgIpc) is 3.21. The number of anilines is 1. The third-order valence-electron chi connectivity index (χ3n) is 3.29. The first-order valence-corrected chi connectivity index (χ1v) is 9.79. The number of rotatable bonds is 7. The first kappa shape index (κ1) is 18.4. The van der Waals surface area contributed by atoms with Crippen LogP contribution in [0.25, 0.3) is 10.8 Å². The summed E-state index contributed by atoms with van der Waals surface area (Å²) < 4.78 is 11.1. The molecule has 0 fully saturated rings. The van der Waals surface area contributed by atoms with E-state index in [0.717, 1.165) is 15.6 Å². The van der Waals surface area contributed by atoms with E-state index in [4.69, 9.17) is 9.15 Å². The van der Waals surface area contributed by atoms with Gasteiger partial charge in [0.05, 0.1) is 28.7 Å². The van der Waals surface area contributed by atoms with Gasteiger partial charge in [-0.15, -0.1) is 21.5 Å². The van der Waals surface area contributed by atoms with Gasteiger partial charge in [-0.3, -0.25) is 4.79 Å². The molecular formula is C17H18N4O3S2. The number of thiazole rings is 1. The fourth-order valence-corrected chi connectivity index (χ4v) is 3.66. The Morgan fingerprint density at radius 2 is 2.12 bits per heavy atom. The summed E-state index contributed by atoms with van der Waals surface area (Å²) in [7, 11) is 0. The highest BCUT2D eigenvalue weighted by molar-refractivity contribution is 7.99. The van der Waals surface area contributed by atoms with E-state index < -0.39 is 0 Å². The number of aryl methyl sites for hydroxylation is 2. The molecule has 0 bridgehead atoms. The van der Waals surface area contributed by atoms with E-state index in [1.54, 1.807) is 6.07 Å². The van der Waals surface area contributed by atoms with Crippen molar-refractivity contribution < 1.29 is 13.9 Å². The molecule has 136 valence electrons. The molecule has 0 aliphatic carbocycles. The second-order valence-electron chi connectivity index (χ2n) is 5.29.